The minimum atomic E-state index is -0.620. The Bertz CT molecular complexity index is 744. The SMILES string of the molecule is CCN(CC)c1ccc(/C=C2/C(=O)NC(=O)N(C3CCCCC3)C2=O)cc1. The molecule has 144 valence electrons. The van der Waals surface area contributed by atoms with Crippen LogP contribution >= 0.6 is 0 Å². The molecule has 1 aliphatic carbocycles. The van der Waals surface area contributed by atoms with Gasteiger partial charge in [-0.25, -0.2) is 4.79 Å². The molecule has 1 N–H and O–H groups in total. The van der Waals surface area contributed by atoms with Crippen LogP contribution in [0.5, 0.6) is 0 Å². The molecule has 0 spiro atoms. The Labute approximate surface area is 160 Å². The molecule has 2 fully saturated rings. The average Bonchev–Trinajstić information content (AvgIpc) is 2.68. The third-order valence-electron chi connectivity index (χ3n) is 5.41. The third kappa shape index (κ3) is 4.04. The smallest absolute Gasteiger partial charge is 0.331 e. The number of carbonyl (C=O) groups is 3. The van der Waals surface area contributed by atoms with E-state index in [1.165, 1.54) is 4.90 Å². The molecule has 27 heavy (non-hydrogen) atoms. The summed E-state index contributed by atoms with van der Waals surface area (Å²) >= 11 is 0. The number of barbiturate groups is 1. The molecule has 1 aliphatic heterocycles. The van der Waals surface area contributed by atoms with Gasteiger partial charge in [0.25, 0.3) is 11.8 Å². The van der Waals surface area contributed by atoms with Crippen LogP contribution in [0, 0.1) is 0 Å². The molecule has 4 amide bonds. The molecule has 6 nitrogen and oxygen atoms in total. The fourth-order valence-corrected chi connectivity index (χ4v) is 3.88. The van der Waals surface area contributed by atoms with Gasteiger partial charge in [-0.2, -0.15) is 0 Å². The zero-order valence-electron chi connectivity index (χ0n) is 16.0. The fourth-order valence-electron chi connectivity index (χ4n) is 3.88. The van der Waals surface area contributed by atoms with Gasteiger partial charge in [-0.15, -0.1) is 0 Å². The highest BCUT2D eigenvalue weighted by molar-refractivity contribution is 6.31. The summed E-state index contributed by atoms with van der Waals surface area (Å²) in [6.07, 6.45) is 6.31. The molecular weight excluding hydrogens is 342 g/mol. The van der Waals surface area contributed by atoms with E-state index in [0.29, 0.717) is 0 Å². The normalized spacial score (nSPS) is 20.1. The van der Waals surface area contributed by atoms with Crippen LogP contribution in [0.25, 0.3) is 6.08 Å². The van der Waals surface area contributed by atoms with Crippen LogP contribution in [-0.2, 0) is 9.59 Å². The topological polar surface area (TPSA) is 69.7 Å². The Kier molecular flexibility index (Phi) is 5.94. The van der Waals surface area contributed by atoms with Crippen LogP contribution in [0.4, 0.5) is 10.5 Å². The largest absolute Gasteiger partial charge is 0.372 e. The lowest BCUT2D eigenvalue weighted by Gasteiger charge is -2.35. The lowest BCUT2D eigenvalue weighted by molar-refractivity contribution is -0.132. The highest BCUT2D eigenvalue weighted by atomic mass is 16.2. The Balaban J connectivity index is 1.84. The van der Waals surface area contributed by atoms with Gasteiger partial charge in [0, 0.05) is 24.8 Å². The van der Waals surface area contributed by atoms with Crippen molar-refractivity contribution in [2.45, 2.75) is 52.0 Å². The third-order valence-corrected chi connectivity index (χ3v) is 5.41. The van der Waals surface area contributed by atoms with E-state index in [-0.39, 0.29) is 11.6 Å². The number of imide groups is 2. The van der Waals surface area contributed by atoms with Gasteiger partial charge in [-0.3, -0.25) is 19.8 Å². The first-order valence-electron chi connectivity index (χ1n) is 9.80. The van der Waals surface area contributed by atoms with Gasteiger partial charge < -0.3 is 4.90 Å². The molecule has 6 heteroatoms. The van der Waals surface area contributed by atoms with Crippen LogP contribution in [0.3, 0.4) is 0 Å². The van der Waals surface area contributed by atoms with Gasteiger partial charge in [0.2, 0.25) is 0 Å². The van der Waals surface area contributed by atoms with Crippen molar-refractivity contribution in [2.75, 3.05) is 18.0 Å². The molecule has 1 saturated carbocycles. The average molecular weight is 369 g/mol. The molecular formula is C21H27N3O3. The minimum absolute atomic E-state index is 0.0239. The quantitative estimate of drug-likeness (QED) is 0.638. The maximum atomic E-state index is 12.9. The van der Waals surface area contributed by atoms with Crippen LogP contribution in [0.15, 0.2) is 29.8 Å². The molecule has 1 heterocycles. The number of anilines is 1. The molecule has 0 radical (unpaired) electrons. The number of rotatable bonds is 5. The summed E-state index contributed by atoms with van der Waals surface area (Å²) in [5.74, 6) is -1.10. The number of benzene rings is 1. The van der Waals surface area contributed by atoms with Crippen molar-refractivity contribution in [1.29, 1.82) is 0 Å². The predicted molar refractivity (Wildman–Crippen MR) is 105 cm³/mol. The molecule has 1 saturated heterocycles. The second-order valence-electron chi connectivity index (χ2n) is 7.05. The number of hydrogen-bond donors (Lipinski definition) is 1. The summed E-state index contributed by atoms with van der Waals surface area (Å²) in [6.45, 7) is 6.02. The van der Waals surface area contributed by atoms with Crippen molar-refractivity contribution in [3.05, 3.63) is 35.4 Å². The van der Waals surface area contributed by atoms with Gasteiger partial charge in [-0.1, -0.05) is 31.4 Å². The standard InChI is InChI=1S/C21H27N3O3/c1-3-23(4-2)16-12-10-15(11-13-16)14-18-19(25)22-21(27)24(20(18)26)17-8-6-5-7-9-17/h10-14,17H,3-9H2,1-2H3,(H,22,25,27)/b18-14-. The Morgan fingerprint density at radius 3 is 2.26 bits per heavy atom. The molecule has 0 atom stereocenters. The number of carbonyl (C=O) groups excluding carboxylic acids is 3. The van der Waals surface area contributed by atoms with E-state index in [1.807, 2.05) is 24.3 Å². The molecule has 0 bridgehead atoms. The number of amides is 4. The Morgan fingerprint density at radius 1 is 1.04 bits per heavy atom. The fraction of sp³-hybridized carbons (Fsp3) is 0.476. The Hall–Kier alpha value is -2.63. The zero-order valence-corrected chi connectivity index (χ0v) is 16.0. The van der Waals surface area contributed by atoms with Crippen molar-refractivity contribution < 1.29 is 14.4 Å². The first-order chi connectivity index (χ1) is 13.0. The summed E-state index contributed by atoms with van der Waals surface area (Å²) in [4.78, 5) is 40.9. The zero-order chi connectivity index (χ0) is 19.4. The van der Waals surface area contributed by atoms with Crippen molar-refractivity contribution in [3.63, 3.8) is 0 Å². The summed E-state index contributed by atoms with van der Waals surface area (Å²) in [5.41, 5.74) is 1.89. The number of nitrogens with zero attached hydrogens (tertiary/aromatic N) is 2. The number of hydrogen-bond acceptors (Lipinski definition) is 4. The number of urea groups is 1. The molecule has 3 rings (SSSR count). The summed E-state index contributed by atoms with van der Waals surface area (Å²) in [5, 5.41) is 2.33. The van der Waals surface area contributed by atoms with E-state index in [2.05, 4.69) is 24.1 Å². The van der Waals surface area contributed by atoms with Gasteiger partial charge >= 0.3 is 6.03 Å². The molecule has 0 aromatic heterocycles. The van der Waals surface area contributed by atoms with Gasteiger partial charge in [0.15, 0.2) is 0 Å². The molecule has 1 aromatic rings. The van der Waals surface area contributed by atoms with E-state index in [9.17, 15) is 14.4 Å². The maximum absolute atomic E-state index is 12.9. The summed E-state index contributed by atoms with van der Waals surface area (Å²) in [7, 11) is 0. The van der Waals surface area contributed by atoms with E-state index in [4.69, 9.17) is 0 Å². The minimum Gasteiger partial charge on any atom is -0.372 e. The lowest BCUT2D eigenvalue weighted by atomic mass is 9.93. The maximum Gasteiger partial charge on any atom is 0.331 e. The van der Waals surface area contributed by atoms with Gasteiger partial charge in [-0.05, 0) is 50.5 Å². The van der Waals surface area contributed by atoms with E-state index < -0.39 is 17.8 Å². The van der Waals surface area contributed by atoms with Gasteiger partial charge in [0.05, 0.1) is 0 Å². The van der Waals surface area contributed by atoms with E-state index >= 15 is 0 Å². The van der Waals surface area contributed by atoms with Crippen molar-refractivity contribution in [2.24, 2.45) is 0 Å². The van der Waals surface area contributed by atoms with Gasteiger partial charge in [0.1, 0.15) is 5.57 Å². The monoisotopic (exact) mass is 369 g/mol. The second kappa shape index (κ2) is 8.37. The molecule has 2 aliphatic rings. The summed E-state index contributed by atoms with van der Waals surface area (Å²) < 4.78 is 0. The second-order valence-corrected chi connectivity index (χ2v) is 7.05. The predicted octanol–water partition coefficient (Wildman–Crippen LogP) is 3.33. The first kappa shape index (κ1) is 19.1. The van der Waals surface area contributed by atoms with Crippen molar-refractivity contribution in [1.82, 2.24) is 10.2 Å². The van der Waals surface area contributed by atoms with Crippen molar-refractivity contribution >= 4 is 29.6 Å². The first-order valence-corrected chi connectivity index (χ1v) is 9.80. The number of nitrogens with one attached hydrogen (secondary N) is 1. The van der Waals surface area contributed by atoms with Crippen LogP contribution in [0.1, 0.15) is 51.5 Å². The van der Waals surface area contributed by atoms with Crippen LogP contribution < -0.4 is 10.2 Å². The van der Waals surface area contributed by atoms with Crippen LogP contribution in [-0.4, -0.2) is 41.9 Å². The Morgan fingerprint density at radius 2 is 1.67 bits per heavy atom. The highest BCUT2D eigenvalue weighted by Crippen LogP contribution is 2.26. The highest BCUT2D eigenvalue weighted by Gasteiger charge is 2.40. The molecule has 0 unspecified atom stereocenters. The van der Waals surface area contributed by atoms with Crippen molar-refractivity contribution in [3.8, 4) is 0 Å². The lowest BCUT2D eigenvalue weighted by Crippen LogP contribution is -2.58. The van der Waals surface area contributed by atoms with Crippen LogP contribution in [0.2, 0.25) is 0 Å². The van der Waals surface area contributed by atoms with E-state index in [1.54, 1.807) is 6.08 Å². The summed E-state index contributed by atoms with van der Waals surface area (Å²) in [6, 6.07) is 7.04. The van der Waals surface area contributed by atoms with E-state index in [0.717, 1.165) is 56.4 Å². The molecule has 1 aromatic carbocycles.